The fourth-order valence-corrected chi connectivity index (χ4v) is 3.69. The summed E-state index contributed by atoms with van der Waals surface area (Å²) in [5, 5.41) is 12.6. The Morgan fingerprint density at radius 3 is 1.71 bits per heavy atom. The molecule has 0 aliphatic heterocycles. The third-order valence-electron chi connectivity index (χ3n) is 5.50. The molecule has 1 atom stereocenters. The molecule has 160 valence electrons. The molecular formula is C25H43NO2. The molecule has 3 nitrogen and oxygen atoms in total. The summed E-state index contributed by atoms with van der Waals surface area (Å²) in [6, 6.07) is 9.38. The Kier molecular flexibility index (Phi) is 15.6. The molecule has 0 fully saturated rings. The minimum Gasteiger partial charge on any atom is -0.480 e. The normalized spacial score (nSPS) is 12.2. The highest BCUT2D eigenvalue weighted by Crippen LogP contribution is 2.13. The number of carboxylic acids is 1. The van der Waals surface area contributed by atoms with Gasteiger partial charge in [0.25, 0.3) is 0 Å². The smallest absolute Gasteiger partial charge is 0.321 e. The van der Waals surface area contributed by atoms with Crippen LogP contribution in [0.2, 0.25) is 0 Å². The highest BCUT2D eigenvalue weighted by molar-refractivity contribution is 5.73. The SMILES string of the molecule is CCCCCCCCCCCCCCCCN[C@@H](Cc1ccccc1)C(=O)O. The molecule has 0 amide bonds. The van der Waals surface area contributed by atoms with E-state index in [4.69, 9.17) is 0 Å². The highest BCUT2D eigenvalue weighted by Gasteiger charge is 2.16. The van der Waals surface area contributed by atoms with Gasteiger partial charge >= 0.3 is 5.97 Å². The van der Waals surface area contributed by atoms with Gasteiger partial charge in [-0.05, 0) is 24.9 Å². The fourth-order valence-electron chi connectivity index (χ4n) is 3.69. The zero-order valence-electron chi connectivity index (χ0n) is 18.1. The Morgan fingerprint density at radius 1 is 0.786 bits per heavy atom. The lowest BCUT2D eigenvalue weighted by Crippen LogP contribution is -2.39. The van der Waals surface area contributed by atoms with Crippen LogP contribution in [0.1, 0.15) is 102 Å². The predicted molar refractivity (Wildman–Crippen MR) is 120 cm³/mol. The van der Waals surface area contributed by atoms with E-state index in [2.05, 4.69) is 12.2 Å². The van der Waals surface area contributed by atoms with E-state index in [1.54, 1.807) is 0 Å². The molecule has 3 heteroatoms. The van der Waals surface area contributed by atoms with E-state index in [9.17, 15) is 9.90 Å². The maximum Gasteiger partial charge on any atom is 0.321 e. The number of nitrogens with one attached hydrogen (secondary N) is 1. The topological polar surface area (TPSA) is 49.3 Å². The first-order valence-electron chi connectivity index (χ1n) is 11.7. The van der Waals surface area contributed by atoms with Gasteiger partial charge in [-0.15, -0.1) is 0 Å². The van der Waals surface area contributed by atoms with E-state index in [-0.39, 0.29) is 0 Å². The van der Waals surface area contributed by atoms with Gasteiger partial charge in [0.05, 0.1) is 0 Å². The van der Waals surface area contributed by atoms with Crippen LogP contribution in [0, 0.1) is 0 Å². The molecule has 0 aromatic heterocycles. The molecule has 1 aromatic rings. The Labute approximate surface area is 173 Å². The average Bonchev–Trinajstić information content (AvgIpc) is 2.70. The molecule has 2 N–H and O–H groups in total. The van der Waals surface area contributed by atoms with E-state index < -0.39 is 12.0 Å². The molecule has 0 unspecified atom stereocenters. The van der Waals surface area contributed by atoms with Crippen molar-refractivity contribution >= 4 is 5.97 Å². The van der Waals surface area contributed by atoms with Crippen molar-refractivity contribution in [3.05, 3.63) is 35.9 Å². The molecular weight excluding hydrogens is 346 g/mol. The lowest BCUT2D eigenvalue weighted by Gasteiger charge is -2.14. The third-order valence-corrected chi connectivity index (χ3v) is 5.50. The first kappa shape index (κ1) is 24.7. The fraction of sp³-hybridized carbons (Fsp3) is 0.720. The number of hydrogen-bond acceptors (Lipinski definition) is 2. The quantitative estimate of drug-likeness (QED) is 0.257. The second kappa shape index (κ2) is 17.7. The largest absolute Gasteiger partial charge is 0.480 e. The second-order valence-electron chi connectivity index (χ2n) is 8.13. The third kappa shape index (κ3) is 13.8. The summed E-state index contributed by atoms with van der Waals surface area (Å²) in [4.78, 5) is 11.4. The predicted octanol–water partition coefficient (Wildman–Crippen LogP) is 6.75. The summed E-state index contributed by atoms with van der Waals surface area (Å²) in [5.41, 5.74) is 1.07. The van der Waals surface area contributed by atoms with Crippen LogP contribution in [-0.2, 0) is 11.2 Å². The van der Waals surface area contributed by atoms with Gasteiger partial charge in [0.2, 0.25) is 0 Å². The molecule has 0 saturated carbocycles. The average molecular weight is 390 g/mol. The van der Waals surface area contributed by atoms with E-state index in [1.165, 1.54) is 83.5 Å². The number of benzene rings is 1. The minimum atomic E-state index is -0.755. The Bertz CT molecular complexity index is 475. The summed E-state index contributed by atoms with van der Waals surface area (Å²) in [5.74, 6) is -0.755. The maximum absolute atomic E-state index is 11.4. The molecule has 0 aliphatic rings. The summed E-state index contributed by atoms with van der Waals surface area (Å²) < 4.78 is 0. The summed E-state index contributed by atoms with van der Waals surface area (Å²) in [6.07, 6.45) is 19.4. The van der Waals surface area contributed by atoms with Crippen molar-refractivity contribution in [2.24, 2.45) is 0 Å². The van der Waals surface area contributed by atoms with Crippen molar-refractivity contribution in [2.45, 2.75) is 109 Å². The van der Waals surface area contributed by atoms with E-state index in [0.29, 0.717) is 6.42 Å². The van der Waals surface area contributed by atoms with E-state index >= 15 is 0 Å². The first-order chi connectivity index (χ1) is 13.7. The van der Waals surface area contributed by atoms with Crippen LogP contribution in [0.15, 0.2) is 30.3 Å². The number of carboxylic acid groups (broad SMARTS) is 1. The maximum atomic E-state index is 11.4. The van der Waals surface area contributed by atoms with Crippen molar-refractivity contribution in [3.63, 3.8) is 0 Å². The van der Waals surface area contributed by atoms with Gasteiger partial charge in [-0.25, -0.2) is 0 Å². The van der Waals surface area contributed by atoms with Gasteiger partial charge in [0.15, 0.2) is 0 Å². The molecule has 0 spiro atoms. The van der Waals surface area contributed by atoms with Gasteiger partial charge in [-0.1, -0.05) is 121 Å². The highest BCUT2D eigenvalue weighted by atomic mass is 16.4. The number of rotatable bonds is 19. The molecule has 0 bridgehead atoms. The van der Waals surface area contributed by atoms with Crippen LogP contribution in [0.25, 0.3) is 0 Å². The lowest BCUT2D eigenvalue weighted by molar-refractivity contribution is -0.139. The second-order valence-corrected chi connectivity index (χ2v) is 8.13. The number of carbonyl (C=O) groups is 1. The van der Waals surface area contributed by atoms with Crippen molar-refractivity contribution < 1.29 is 9.90 Å². The van der Waals surface area contributed by atoms with Crippen LogP contribution in [0.5, 0.6) is 0 Å². The zero-order valence-corrected chi connectivity index (χ0v) is 18.1. The standard InChI is InChI=1S/C25H43NO2/c1-2-3-4-5-6-7-8-9-10-11-12-13-14-18-21-26-24(25(27)28)22-23-19-16-15-17-20-23/h15-17,19-20,24,26H,2-14,18,21-22H2,1H3,(H,27,28)/t24-/m0/s1. The van der Waals surface area contributed by atoms with Crippen LogP contribution in [-0.4, -0.2) is 23.7 Å². The Morgan fingerprint density at radius 2 is 1.25 bits per heavy atom. The van der Waals surface area contributed by atoms with E-state index in [0.717, 1.165) is 18.5 Å². The van der Waals surface area contributed by atoms with Crippen molar-refractivity contribution in [3.8, 4) is 0 Å². The molecule has 28 heavy (non-hydrogen) atoms. The van der Waals surface area contributed by atoms with Crippen LogP contribution >= 0.6 is 0 Å². The van der Waals surface area contributed by atoms with Gasteiger partial charge < -0.3 is 10.4 Å². The van der Waals surface area contributed by atoms with Gasteiger partial charge in [-0.2, -0.15) is 0 Å². The number of unbranched alkanes of at least 4 members (excludes halogenated alkanes) is 13. The molecule has 0 aliphatic carbocycles. The number of hydrogen-bond donors (Lipinski definition) is 2. The van der Waals surface area contributed by atoms with Crippen molar-refractivity contribution in [2.75, 3.05) is 6.54 Å². The van der Waals surface area contributed by atoms with E-state index in [1.807, 2.05) is 30.3 Å². The number of aliphatic carboxylic acids is 1. The van der Waals surface area contributed by atoms with Crippen LogP contribution in [0.4, 0.5) is 0 Å². The summed E-state index contributed by atoms with van der Waals surface area (Å²) >= 11 is 0. The molecule has 0 heterocycles. The molecule has 0 radical (unpaired) electrons. The van der Waals surface area contributed by atoms with Crippen LogP contribution < -0.4 is 5.32 Å². The molecule has 0 saturated heterocycles. The van der Waals surface area contributed by atoms with Gasteiger partial charge in [0, 0.05) is 0 Å². The zero-order chi connectivity index (χ0) is 20.3. The first-order valence-corrected chi connectivity index (χ1v) is 11.7. The molecule has 1 rings (SSSR count). The van der Waals surface area contributed by atoms with Gasteiger partial charge in [0.1, 0.15) is 6.04 Å². The van der Waals surface area contributed by atoms with Crippen molar-refractivity contribution in [1.82, 2.24) is 5.32 Å². The Hall–Kier alpha value is -1.35. The lowest BCUT2D eigenvalue weighted by atomic mass is 10.0. The van der Waals surface area contributed by atoms with Crippen LogP contribution in [0.3, 0.4) is 0 Å². The Balaban J connectivity index is 1.90. The van der Waals surface area contributed by atoms with Crippen molar-refractivity contribution in [1.29, 1.82) is 0 Å². The summed E-state index contributed by atoms with van der Waals surface area (Å²) in [7, 11) is 0. The monoisotopic (exact) mass is 389 g/mol. The summed E-state index contributed by atoms with van der Waals surface area (Å²) in [6.45, 7) is 3.07. The van der Waals surface area contributed by atoms with Gasteiger partial charge in [-0.3, -0.25) is 4.79 Å². The minimum absolute atomic E-state index is 0.482. The molecule has 1 aromatic carbocycles.